The normalized spacial score (nSPS) is 10.6. The highest BCUT2D eigenvalue weighted by molar-refractivity contribution is 7.10. The highest BCUT2D eigenvalue weighted by Gasteiger charge is 2.03. The van der Waals surface area contributed by atoms with E-state index in [2.05, 4.69) is 19.2 Å². The van der Waals surface area contributed by atoms with Crippen LogP contribution < -0.4 is 5.73 Å². The van der Waals surface area contributed by atoms with Crippen LogP contribution in [0.4, 0.5) is 5.69 Å². The number of thiophene rings is 1. The van der Waals surface area contributed by atoms with Gasteiger partial charge >= 0.3 is 0 Å². The molecule has 0 atom stereocenters. The molecular weight excluding hydrogens is 178 g/mol. The topological polar surface area (TPSA) is 26.0 Å². The Hall–Kier alpha value is -0.500. The Morgan fingerprint density at radius 2 is 2.08 bits per heavy atom. The molecule has 0 aromatic carbocycles. The first kappa shape index (κ1) is 10.6. The van der Waals surface area contributed by atoms with Crippen molar-refractivity contribution in [3.05, 3.63) is 15.8 Å². The zero-order chi connectivity index (χ0) is 9.68. The summed E-state index contributed by atoms with van der Waals surface area (Å²) in [5.74, 6) is 0. The van der Waals surface area contributed by atoms with Gasteiger partial charge in [0.25, 0.3) is 0 Å². The van der Waals surface area contributed by atoms with E-state index in [1.807, 2.05) is 11.3 Å². The third-order valence-corrected chi connectivity index (χ3v) is 3.60. The Kier molecular flexibility index (Phi) is 4.29. The van der Waals surface area contributed by atoms with Crippen molar-refractivity contribution in [3.8, 4) is 0 Å². The number of hydrogen-bond acceptors (Lipinski definition) is 2. The van der Waals surface area contributed by atoms with E-state index in [0.717, 1.165) is 5.69 Å². The summed E-state index contributed by atoms with van der Waals surface area (Å²) in [6.07, 6.45) is 6.56. The molecule has 0 spiro atoms. The minimum Gasteiger partial charge on any atom is -0.398 e. The summed E-state index contributed by atoms with van der Waals surface area (Å²) in [4.78, 5) is 1.48. The van der Waals surface area contributed by atoms with Crippen molar-refractivity contribution in [1.82, 2.24) is 0 Å². The number of nitrogens with two attached hydrogens (primary N) is 1. The van der Waals surface area contributed by atoms with Crippen LogP contribution in [0.3, 0.4) is 0 Å². The molecule has 0 aliphatic carbocycles. The van der Waals surface area contributed by atoms with Crippen molar-refractivity contribution in [3.63, 3.8) is 0 Å². The van der Waals surface area contributed by atoms with Crippen LogP contribution in [0.1, 0.15) is 43.0 Å². The van der Waals surface area contributed by atoms with Gasteiger partial charge < -0.3 is 5.73 Å². The molecule has 2 heteroatoms. The quantitative estimate of drug-likeness (QED) is 0.715. The van der Waals surface area contributed by atoms with Gasteiger partial charge in [0.1, 0.15) is 0 Å². The lowest BCUT2D eigenvalue weighted by Crippen LogP contribution is -1.88. The molecule has 0 fully saturated rings. The standard InChI is InChI=1S/C11H19NS/c1-3-4-5-6-7-11-9(2)10(12)8-13-11/h8H,3-7,12H2,1-2H3. The Morgan fingerprint density at radius 1 is 1.31 bits per heavy atom. The van der Waals surface area contributed by atoms with Crippen LogP contribution in [0.15, 0.2) is 5.38 Å². The van der Waals surface area contributed by atoms with Crippen LogP contribution in [0.25, 0.3) is 0 Å². The molecule has 13 heavy (non-hydrogen) atoms. The number of nitrogen functional groups attached to an aromatic ring is 1. The maximum absolute atomic E-state index is 5.78. The van der Waals surface area contributed by atoms with E-state index in [9.17, 15) is 0 Å². The van der Waals surface area contributed by atoms with Crippen LogP contribution in [-0.2, 0) is 6.42 Å². The van der Waals surface area contributed by atoms with Crippen molar-refractivity contribution in [2.24, 2.45) is 0 Å². The molecule has 0 amide bonds. The van der Waals surface area contributed by atoms with E-state index in [-0.39, 0.29) is 0 Å². The van der Waals surface area contributed by atoms with Crippen LogP contribution in [-0.4, -0.2) is 0 Å². The van der Waals surface area contributed by atoms with Gasteiger partial charge in [0.15, 0.2) is 0 Å². The van der Waals surface area contributed by atoms with Gasteiger partial charge in [0.05, 0.1) is 0 Å². The van der Waals surface area contributed by atoms with E-state index in [1.54, 1.807) is 0 Å². The Morgan fingerprint density at radius 3 is 2.62 bits per heavy atom. The summed E-state index contributed by atoms with van der Waals surface area (Å²) in [7, 11) is 0. The minimum atomic E-state index is 0.968. The van der Waals surface area contributed by atoms with E-state index < -0.39 is 0 Å². The van der Waals surface area contributed by atoms with Gasteiger partial charge in [-0.05, 0) is 25.3 Å². The Balaban J connectivity index is 2.32. The summed E-state index contributed by atoms with van der Waals surface area (Å²) in [6.45, 7) is 4.37. The molecule has 1 nitrogen and oxygen atoms in total. The molecule has 1 heterocycles. The molecular formula is C11H19NS. The van der Waals surface area contributed by atoms with Gasteiger partial charge in [-0.1, -0.05) is 26.2 Å². The Labute approximate surface area is 85.0 Å². The lowest BCUT2D eigenvalue weighted by molar-refractivity contribution is 0.669. The van der Waals surface area contributed by atoms with E-state index in [0.29, 0.717) is 0 Å². The first-order chi connectivity index (χ1) is 6.25. The lowest BCUT2D eigenvalue weighted by Gasteiger charge is -1.99. The monoisotopic (exact) mass is 197 g/mol. The maximum Gasteiger partial charge on any atom is 0.0455 e. The molecule has 0 aliphatic heterocycles. The van der Waals surface area contributed by atoms with Crippen molar-refractivity contribution in [2.75, 3.05) is 5.73 Å². The summed E-state index contributed by atoms with van der Waals surface area (Å²) >= 11 is 1.81. The van der Waals surface area contributed by atoms with Gasteiger partial charge in [0.2, 0.25) is 0 Å². The molecule has 1 aromatic heterocycles. The van der Waals surface area contributed by atoms with Crippen molar-refractivity contribution in [2.45, 2.75) is 46.0 Å². The molecule has 74 valence electrons. The van der Waals surface area contributed by atoms with E-state index >= 15 is 0 Å². The van der Waals surface area contributed by atoms with Crippen molar-refractivity contribution >= 4 is 17.0 Å². The van der Waals surface area contributed by atoms with E-state index in [1.165, 1.54) is 42.5 Å². The van der Waals surface area contributed by atoms with Crippen LogP contribution in [0.5, 0.6) is 0 Å². The van der Waals surface area contributed by atoms with E-state index in [4.69, 9.17) is 5.73 Å². The number of anilines is 1. The van der Waals surface area contributed by atoms with Crippen molar-refractivity contribution in [1.29, 1.82) is 0 Å². The number of aryl methyl sites for hydroxylation is 1. The zero-order valence-electron chi connectivity index (χ0n) is 8.60. The summed E-state index contributed by atoms with van der Waals surface area (Å²) in [5, 5.41) is 2.06. The van der Waals surface area contributed by atoms with Crippen LogP contribution in [0, 0.1) is 6.92 Å². The second kappa shape index (κ2) is 5.28. The molecule has 1 rings (SSSR count). The average molecular weight is 197 g/mol. The number of rotatable bonds is 5. The lowest BCUT2D eigenvalue weighted by atomic mass is 10.1. The van der Waals surface area contributed by atoms with Gasteiger partial charge in [0, 0.05) is 15.9 Å². The molecule has 0 aliphatic rings. The molecule has 0 bridgehead atoms. The summed E-state index contributed by atoms with van der Waals surface area (Å²) in [5.41, 5.74) is 8.06. The second-order valence-corrected chi connectivity index (χ2v) is 4.51. The molecule has 0 saturated heterocycles. The molecule has 1 aromatic rings. The first-order valence-electron chi connectivity index (χ1n) is 5.08. The number of hydrogen-bond donors (Lipinski definition) is 1. The van der Waals surface area contributed by atoms with Gasteiger partial charge in [-0.15, -0.1) is 11.3 Å². The highest BCUT2D eigenvalue weighted by atomic mass is 32.1. The summed E-state index contributed by atoms with van der Waals surface area (Å²) < 4.78 is 0. The smallest absolute Gasteiger partial charge is 0.0455 e. The van der Waals surface area contributed by atoms with Crippen molar-refractivity contribution < 1.29 is 0 Å². The Bertz CT molecular complexity index is 253. The fraction of sp³-hybridized carbons (Fsp3) is 0.636. The van der Waals surface area contributed by atoms with Crippen LogP contribution in [0.2, 0.25) is 0 Å². The molecule has 2 N–H and O–H groups in total. The predicted octanol–water partition coefficient (Wildman–Crippen LogP) is 3.76. The number of unbranched alkanes of at least 4 members (excludes halogenated alkanes) is 3. The molecule has 0 radical (unpaired) electrons. The third-order valence-electron chi connectivity index (χ3n) is 2.44. The fourth-order valence-electron chi connectivity index (χ4n) is 1.43. The largest absolute Gasteiger partial charge is 0.398 e. The van der Waals surface area contributed by atoms with Crippen LogP contribution >= 0.6 is 11.3 Å². The van der Waals surface area contributed by atoms with Gasteiger partial charge in [-0.3, -0.25) is 0 Å². The zero-order valence-corrected chi connectivity index (χ0v) is 9.41. The second-order valence-electron chi connectivity index (χ2n) is 3.55. The van der Waals surface area contributed by atoms with Gasteiger partial charge in [-0.25, -0.2) is 0 Å². The summed E-state index contributed by atoms with van der Waals surface area (Å²) in [6, 6.07) is 0. The third kappa shape index (κ3) is 3.03. The predicted molar refractivity (Wildman–Crippen MR) is 61.3 cm³/mol. The molecule has 0 saturated carbocycles. The molecule has 0 unspecified atom stereocenters. The fourth-order valence-corrected chi connectivity index (χ4v) is 2.43. The average Bonchev–Trinajstić information content (AvgIpc) is 2.43. The maximum atomic E-state index is 5.78. The van der Waals surface area contributed by atoms with Gasteiger partial charge in [-0.2, -0.15) is 0 Å². The first-order valence-corrected chi connectivity index (χ1v) is 5.96. The SMILES string of the molecule is CCCCCCc1scc(N)c1C. The minimum absolute atomic E-state index is 0.968. The highest BCUT2D eigenvalue weighted by Crippen LogP contribution is 2.25.